The van der Waals surface area contributed by atoms with Crippen molar-refractivity contribution in [1.82, 2.24) is 10.3 Å². The van der Waals surface area contributed by atoms with Crippen LogP contribution in [0.15, 0.2) is 5.38 Å². The van der Waals surface area contributed by atoms with E-state index < -0.39 is 34.8 Å². The van der Waals surface area contributed by atoms with E-state index in [0.29, 0.717) is 5.69 Å². The SMILES string of the molecule is CNC(C)c1csc(NS(=O)(=O)CCCC(F)(F)F)n1. The number of hydrogen-bond donors (Lipinski definition) is 2. The molecular weight excluding hydrogens is 315 g/mol. The highest BCUT2D eigenvalue weighted by Gasteiger charge is 2.27. The number of nitrogens with one attached hydrogen (secondary N) is 2. The third kappa shape index (κ3) is 6.06. The molecule has 0 radical (unpaired) electrons. The highest BCUT2D eigenvalue weighted by molar-refractivity contribution is 7.92. The van der Waals surface area contributed by atoms with Gasteiger partial charge < -0.3 is 5.32 Å². The molecular formula is C10H16F3N3O2S2. The average Bonchev–Trinajstić information content (AvgIpc) is 2.73. The van der Waals surface area contributed by atoms with Crippen molar-refractivity contribution in [3.05, 3.63) is 11.1 Å². The third-order valence-electron chi connectivity index (χ3n) is 2.51. The molecule has 5 nitrogen and oxygen atoms in total. The lowest BCUT2D eigenvalue weighted by Crippen LogP contribution is -2.19. The Balaban J connectivity index is 2.56. The Bertz CT molecular complexity index is 528. The number of sulfonamides is 1. The first-order valence-electron chi connectivity index (χ1n) is 5.83. The molecule has 1 unspecified atom stereocenters. The van der Waals surface area contributed by atoms with Crippen LogP contribution in [0.4, 0.5) is 18.3 Å². The Kier molecular flexibility index (Phi) is 5.78. The summed E-state index contributed by atoms with van der Waals surface area (Å²) < 4.78 is 61.3. The van der Waals surface area contributed by atoms with E-state index in [1.54, 1.807) is 12.4 Å². The van der Waals surface area contributed by atoms with Crippen molar-refractivity contribution in [1.29, 1.82) is 0 Å². The molecule has 0 bridgehead atoms. The highest BCUT2D eigenvalue weighted by Crippen LogP contribution is 2.23. The fourth-order valence-electron chi connectivity index (χ4n) is 1.33. The Labute approximate surface area is 119 Å². The maximum atomic E-state index is 12.0. The van der Waals surface area contributed by atoms with E-state index in [0.717, 1.165) is 11.3 Å². The minimum atomic E-state index is -4.34. The fourth-order valence-corrected chi connectivity index (χ4v) is 3.49. The molecule has 0 amide bonds. The summed E-state index contributed by atoms with van der Waals surface area (Å²) in [4.78, 5) is 4.07. The summed E-state index contributed by atoms with van der Waals surface area (Å²) in [6.45, 7) is 1.86. The fraction of sp³-hybridized carbons (Fsp3) is 0.700. The predicted octanol–water partition coefficient (Wildman–Crippen LogP) is 2.51. The molecule has 0 fully saturated rings. The monoisotopic (exact) mass is 331 g/mol. The van der Waals surface area contributed by atoms with Crippen LogP contribution in [0, 0.1) is 0 Å². The third-order valence-corrected chi connectivity index (χ3v) is 4.75. The summed E-state index contributed by atoms with van der Waals surface area (Å²) in [5, 5.41) is 4.80. The largest absolute Gasteiger partial charge is 0.389 e. The van der Waals surface area contributed by atoms with Crippen LogP contribution in [0.25, 0.3) is 0 Å². The van der Waals surface area contributed by atoms with Gasteiger partial charge >= 0.3 is 6.18 Å². The maximum absolute atomic E-state index is 12.0. The molecule has 20 heavy (non-hydrogen) atoms. The summed E-state index contributed by atoms with van der Waals surface area (Å²) in [6, 6.07) is -0.0327. The quantitative estimate of drug-likeness (QED) is 0.805. The van der Waals surface area contributed by atoms with Crippen LogP contribution in [0.5, 0.6) is 0 Å². The molecule has 2 N–H and O–H groups in total. The van der Waals surface area contributed by atoms with Crippen LogP contribution in [0.1, 0.15) is 31.5 Å². The Morgan fingerprint density at radius 2 is 2.10 bits per heavy atom. The molecule has 0 aromatic carbocycles. The van der Waals surface area contributed by atoms with Crippen molar-refractivity contribution < 1.29 is 21.6 Å². The highest BCUT2D eigenvalue weighted by atomic mass is 32.2. The van der Waals surface area contributed by atoms with Gasteiger partial charge in [0.05, 0.1) is 11.4 Å². The summed E-state index contributed by atoms with van der Waals surface area (Å²) in [7, 11) is -2.06. The lowest BCUT2D eigenvalue weighted by Gasteiger charge is -2.08. The molecule has 0 spiro atoms. The van der Waals surface area contributed by atoms with Crippen LogP contribution < -0.4 is 10.0 Å². The van der Waals surface area contributed by atoms with Crippen LogP contribution in [-0.2, 0) is 10.0 Å². The number of anilines is 1. The second kappa shape index (κ2) is 6.72. The predicted molar refractivity (Wildman–Crippen MR) is 72.3 cm³/mol. The molecule has 1 heterocycles. The Hall–Kier alpha value is -0.870. The zero-order chi connectivity index (χ0) is 15.4. The summed E-state index contributed by atoms with van der Waals surface area (Å²) in [5.74, 6) is -0.580. The van der Waals surface area contributed by atoms with Crippen molar-refractivity contribution in [3.8, 4) is 0 Å². The molecule has 0 saturated heterocycles. The second-order valence-corrected chi connectivity index (χ2v) is 6.93. The van der Waals surface area contributed by atoms with Gasteiger partial charge in [-0.25, -0.2) is 13.4 Å². The van der Waals surface area contributed by atoms with Crippen LogP contribution >= 0.6 is 11.3 Å². The molecule has 1 rings (SSSR count). The Morgan fingerprint density at radius 3 is 2.65 bits per heavy atom. The molecule has 1 atom stereocenters. The van der Waals surface area contributed by atoms with Crippen molar-refractivity contribution >= 4 is 26.5 Å². The molecule has 0 aliphatic heterocycles. The lowest BCUT2D eigenvalue weighted by molar-refractivity contribution is -0.134. The van der Waals surface area contributed by atoms with E-state index in [1.807, 2.05) is 6.92 Å². The average molecular weight is 331 g/mol. The van der Waals surface area contributed by atoms with Gasteiger partial charge in [0.2, 0.25) is 10.0 Å². The number of rotatable bonds is 7. The van der Waals surface area contributed by atoms with Gasteiger partial charge in [0.25, 0.3) is 0 Å². The van der Waals surface area contributed by atoms with Crippen molar-refractivity contribution in [3.63, 3.8) is 0 Å². The number of halogens is 3. The first-order chi connectivity index (χ1) is 9.13. The zero-order valence-corrected chi connectivity index (χ0v) is 12.6. The van der Waals surface area contributed by atoms with E-state index in [1.165, 1.54) is 0 Å². The van der Waals surface area contributed by atoms with Gasteiger partial charge in [0, 0.05) is 17.8 Å². The standard InChI is InChI=1S/C10H16F3N3O2S2/c1-7(14-2)8-6-19-9(15-8)16-20(17,18)5-3-4-10(11,12)13/h6-7,14H,3-5H2,1-2H3,(H,15,16). The number of hydrogen-bond acceptors (Lipinski definition) is 5. The van der Waals surface area contributed by atoms with Gasteiger partial charge in [-0.2, -0.15) is 13.2 Å². The number of nitrogens with zero attached hydrogens (tertiary/aromatic N) is 1. The van der Waals surface area contributed by atoms with Crippen molar-refractivity contribution in [2.45, 2.75) is 32.0 Å². The number of thiazole rings is 1. The van der Waals surface area contributed by atoms with Gasteiger partial charge in [-0.15, -0.1) is 11.3 Å². The van der Waals surface area contributed by atoms with E-state index >= 15 is 0 Å². The van der Waals surface area contributed by atoms with E-state index in [2.05, 4.69) is 15.0 Å². The molecule has 0 saturated carbocycles. The molecule has 1 aromatic heterocycles. The number of alkyl halides is 3. The first kappa shape index (κ1) is 17.2. The normalized spacial score (nSPS) is 14.2. The van der Waals surface area contributed by atoms with E-state index in [4.69, 9.17) is 0 Å². The van der Waals surface area contributed by atoms with Gasteiger partial charge in [-0.1, -0.05) is 0 Å². The maximum Gasteiger partial charge on any atom is 0.389 e. The van der Waals surface area contributed by atoms with Crippen LogP contribution in [-0.4, -0.2) is 32.4 Å². The Morgan fingerprint density at radius 1 is 1.45 bits per heavy atom. The van der Waals surface area contributed by atoms with Crippen molar-refractivity contribution in [2.75, 3.05) is 17.5 Å². The number of aromatic nitrogens is 1. The van der Waals surface area contributed by atoms with Gasteiger partial charge in [0.1, 0.15) is 0 Å². The van der Waals surface area contributed by atoms with Crippen LogP contribution in [0.2, 0.25) is 0 Å². The first-order valence-corrected chi connectivity index (χ1v) is 8.36. The molecule has 0 aliphatic rings. The zero-order valence-electron chi connectivity index (χ0n) is 11.0. The topological polar surface area (TPSA) is 71.1 Å². The van der Waals surface area contributed by atoms with Gasteiger partial charge in [0.15, 0.2) is 5.13 Å². The van der Waals surface area contributed by atoms with Gasteiger partial charge in [-0.05, 0) is 20.4 Å². The smallest absolute Gasteiger partial charge is 0.312 e. The molecule has 116 valence electrons. The summed E-state index contributed by atoms with van der Waals surface area (Å²) in [6.07, 6.45) is -5.93. The molecule has 1 aromatic rings. The van der Waals surface area contributed by atoms with Crippen LogP contribution in [0.3, 0.4) is 0 Å². The van der Waals surface area contributed by atoms with E-state index in [9.17, 15) is 21.6 Å². The van der Waals surface area contributed by atoms with Gasteiger partial charge in [-0.3, -0.25) is 4.72 Å². The summed E-state index contributed by atoms with van der Waals surface area (Å²) in [5.41, 5.74) is 0.672. The molecule has 10 heteroatoms. The van der Waals surface area contributed by atoms with E-state index in [-0.39, 0.29) is 11.2 Å². The van der Waals surface area contributed by atoms with Crippen molar-refractivity contribution in [2.24, 2.45) is 0 Å². The minimum Gasteiger partial charge on any atom is -0.312 e. The minimum absolute atomic E-state index is 0.0327. The summed E-state index contributed by atoms with van der Waals surface area (Å²) >= 11 is 1.10. The lowest BCUT2D eigenvalue weighted by atomic mass is 10.3. The molecule has 0 aliphatic carbocycles. The second-order valence-electron chi connectivity index (χ2n) is 4.23.